The van der Waals surface area contributed by atoms with Crippen molar-refractivity contribution in [1.82, 2.24) is 4.90 Å². The van der Waals surface area contributed by atoms with Gasteiger partial charge in [0.2, 0.25) is 0 Å². The minimum Gasteiger partial charge on any atom is -0.549 e. The Bertz CT molecular complexity index is 360. The molecule has 2 fully saturated rings. The van der Waals surface area contributed by atoms with Crippen LogP contribution in [-0.2, 0) is 9.53 Å². The number of carbonyl (C=O) groups is 2. The number of likely N-dealkylation sites (tertiary alicyclic amines) is 1. The number of nitrogens with zero attached hydrogens (tertiary/aromatic N) is 1. The summed E-state index contributed by atoms with van der Waals surface area (Å²) in [7, 11) is 0. The van der Waals surface area contributed by atoms with Crippen molar-refractivity contribution in [2.45, 2.75) is 51.7 Å². The third-order valence-electron chi connectivity index (χ3n) is 3.56. The Labute approximate surface area is 101 Å². The van der Waals surface area contributed by atoms with Crippen molar-refractivity contribution in [3.8, 4) is 0 Å². The SMILES string of the molecule is CC(C)(C)OC(=O)N1C[C@]2(C(=O)[O-])CCC1C2. The van der Waals surface area contributed by atoms with Gasteiger partial charge in [0, 0.05) is 24.0 Å². The zero-order chi connectivity index (χ0) is 12.8. The molecule has 5 nitrogen and oxygen atoms in total. The van der Waals surface area contributed by atoms with E-state index in [1.807, 2.05) is 0 Å². The van der Waals surface area contributed by atoms with E-state index in [-0.39, 0.29) is 12.6 Å². The molecular weight excluding hydrogens is 222 g/mol. The molecule has 96 valence electrons. The highest BCUT2D eigenvalue weighted by Gasteiger charge is 2.52. The van der Waals surface area contributed by atoms with Gasteiger partial charge in [0.1, 0.15) is 5.60 Å². The van der Waals surface area contributed by atoms with E-state index in [1.165, 1.54) is 0 Å². The van der Waals surface area contributed by atoms with Crippen LogP contribution in [0.2, 0.25) is 0 Å². The number of carbonyl (C=O) groups excluding carboxylic acids is 2. The van der Waals surface area contributed by atoms with Gasteiger partial charge in [-0.2, -0.15) is 0 Å². The molecule has 0 spiro atoms. The van der Waals surface area contributed by atoms with Crippen molar-refractivity contribution in [3.63, 3.8) is 0 Å². The maximum atomic E-state index is 11.9. The Morgan fingerprint density at radius 1 is 1.41 bits per heavy atom. The molecule has 2 aliphatic rings. The molecule has 2 rings (SSSR count). The van der Waals surface area contributed by atoms with E-state index in [9.17, 15) is 14.7 Å². The van der Waals surface area contributed by atoms with Gasteiger partial charge in [0.15, 0.2) is 0 Å². The number of amides is 1. The van der Waals surface area contributed by atoms with Gasteiger partial charge in [0.25, 0.3) is 0 Å². The van der Waals surface area contributed by atoms with Crippen LogP contribution in [0, 0.1) is 5.41 Å². The van der Waals surface area contributed by atoms with Crippen LogP contribution in [-0.4, -0.2) is 35.2 Å². The van der Waals surface area contributed by atoms with Crippen LogP contribution in [0.5, 0.6) is 0 Å². The van der Waals surface area contributed by atoms with Gasteiger partial charge >= 0.3 is 6.09 Å². The second-order valence-corrected chi connectivity index (χ2v) is 6.07. The fourth-order valence-electron chi connectivity index (χ4n) is 2.75. The Kier molecular flexibility index (Phi) is 2.60. The number of carboxylic acid groups (broad SMARTS) is 1. The van der Waals surface area contributed by atoms with Crippen LogP contribution in [0.4, 0.5) is 4.79 Å². The van der Waals surface area contributed by atoms with Crippen LogP contribution >= 0.6 is 0 Å². The number of piperidine rings is 1. The molecule has 17 heavy (non-hydrogen) atoms. The topological polar surface area (TPSA) is 69.7 Å². The molecule has 2 bridgehead atoms. The lowest BCUT2D eigenvalue weighted by Crippen LogP contribution is -2.48. The number of hydrogen-bond acceptors (Lipinski definition) is 4. The molecule has 0 radical (unpaired) electrons. The molecule has 1 aliphatic carbocycles. The molecular formula is C12H18NO4-. The van der Waals surface area contributed by atoms with E-state index >= 15 is 0 Å². The van der Waals surface area contributed by atoms with Gasteiger partial charge < -0.3 is 19.5 Å². The summed E-state index contributed by atoms with van der Waals surface area (Å²) >= 11 is 0. The first-order valence-electron chi connectivity index (χ1n) is 5.95. The average molecular weight is 240 g/mol. The fourth-order valence-corrected chi connectivity index (χ4v) is 2.75. The molecule has 1 heterocycles. The Hall–Kier alpha value is -1.26. The predicted octanol–water partition coefficient (Wildman–Crippen LogP) is 0.526. The Balaban J connectivity index is 2.07. The van der Waals surface area contributed by atoms with E-state index in [0.29, 0.717) is 12.8 Å². The van der Waals surface area contributed by atoms with E-state index in [2.05, 4.69) is 0 Å². The minimum atomic E-state index is -1.04. The van der Waals surface area contributed by atoms with E-state index in [0.717, 1.165) is 6.42 Å². The number of hydrogen-bond donors (Lipinski definition) is 0. The summed E-state index contributed by atoms with van der Waals surface area (Å²) < 4.78 is 5.27. The van der Waals surface area contributed by atoms with E-state index in [4.69, 9.17) is 4.74 Å². The first-order valence-corrected chi connectivity index (χ1v) is 5.95. The molecule has 0 aromatic heterocycles. The van der Waals surface area contributed by atoms with Gasteiger partial charge in [-0.1, -0.05) is 0 Å². The van der Waals surface area contributed by atoms with Crippen molar-refractivity contribution in [2.75, 3.05) is 6.54 Å². The van der Waals surface area contributed by atoms with Crippen molar-refractivity contribution < 1.29 is 19.4 Å². The van der Waals surface area contributed by atoms with Crippen LogP contribution in [0.25, 0.3) is 0 Å². The zero-order valence-corrected chi connectivity index (χ0v) is 10.5. The quantitative estimate of drug-likeness (QED) is 0.670. The molecule has 1 amide bonds. The number of rotatable bonds is 1. The molecule has 1 saturated carbocycles. The fraction of sp³-hybridized carbons (Fsp3) is 0.833. The molecule has 5 heteroatoms. The highest BCUT2D eigenvalue weighted by molar-refractivity contribution is 5.77. The first kappa shape index (κ1) is 12.2. The smallest absolute Gasteiger partial charge is 0.410 e. The van der Waals surface area contributed by atoms with Gasteiger partial charge in [0.05, 0.1) is 0 Å². The van der Waals surface area contributed by atoms with Gasteiger partial charge in [-0.3, -0.25) is 0 Å². The highest BCUT2D eigenvalue weighted by atomic mass is 16.6. The number of carboxylic acids is 1. The van der Waals surface area contributed by atoms with Crippen molar-refractivity contribution in [3.05, 3.63) is 0 Å². The summed E-state index contributed by atoms with van der Waals surface area (Å²) in [5.41, 5.74) is -1.38. The summed E-state index contributed by atoms with van der Waals surface area (Å²) in [5, 5.41) is 11.1. The summed E-state index contributed by atoms with van der Waals surface area (Å²) in [6, 6.07) is 0.00255. The predicted molar refractivity (Wildman–Crippen MR) is 58.0 cm³/mol. The number of aliphatic carboxylic acids is 1. The van der Waals surface area contributed by atoms with E-state index in [1.54, 1.807) is 25.7 Å². The average Bonchev–Trinajstić information content (AvgIpc) is 2.72. The summed E-state index contributed by atoms with van der Waals surface area (Å²) in [5.74, 6) is -1.04. The molecule has 0 aromatic carbocycles. The van der Waals surface area contributed by atoms with Crippen molar-refractivity contribution in [1.29, 1.82) is 0 Å². The maximum Gasteiger partial charge on any atom is 0.410 e. The molecule has 0 aromatic rings. The third kappa shape index (κ3) is 2.10. The summed E-state index contributed by atoms with van der Waals surface area (Å²) in [6.07, 6.45) is 1.44. The normalized spacial score (nSPS) is 31.7. The van der Waals surface area contributed by atoms with Gasteiger partial charge in [-0.25, -0.2) is 4.79 Å². The van der Waals surface area contributed by atoms with Crippen LogP contribution < -0.4 is 5.11 Å². The maximum absolute atomic E-state index is 11.9. The van der Waals surface area contributed by atoms with Gasteiger partial charge in [-0.15, -0.1) is 0 Å². The lowest BCUT2D eigenvalue weighted by molar-refractivity contribution is -0.318. The Morgan fingerprint density at radius 2 is 2.06 bits per heavy atom. The standard InChI is InChI=1S/C12H19NO4/c1-11(2,3)17-10(16)13-7-12(9(14)15)5-4-8(13)6-12/h8H,4-7H2,1-3H3,(H,14,15)/p-1/t8?,12-/m0/s1. The number of fused-ring (bicyclic) bond motifs is 2. The monoisotopic (exact) mass is 240 g/mol. The second-order valence-electron chi connectivity index (χ2n) is 6.07. The minimum absolute atomic E-state index is 0.00255. The lowest BCUT2D eigenvalue weighted by Gasteiger charge is -2.34. The summed E-state index contributed by atoms with van der Waals surface area (Å²) in [4.78, 5) is 24.6. The van der Waals surface area contributed by atoms with Crippen LogP contribution in [0.3, 0.4) is 0 Å². The van der Waals surface area contributed by atoms with Gasteiger partial charge in [-0.05, 0) is 40.0 Å². The lowest BCUT2D eigenvalue weighted by atomic mass is 9.88. The molecule has 1 saturated heterocycles. The largest absolute Gasteiger partial charge is 0.549 e. The zero-order valence-electron chi connectivity index (χ0n) is 10.5. The van der Waals surface area contributed by atoms with E-state index < -0.39 is 23.1 Å². The number of ether oxygens (including phenoxy) is 1. The Morgan fingerprint density at radius 3 is 2.53 bits per heavy atom. The first-order chi connectivity index (χ1) is 7.73. The molecule has 1 unspecified atom stereocenters. The van der Waals surface area contributed by atoms with Crippen molar-refractivity contribution >= 4 is 12.1 Å². The molecule has 1 aliphatic heterocycles. The third-order valence-corrected chi connectivity index (χ3v) is 3.56. The molecule has 0 N–H and O–H groups in total. The van der Waals surface area contributed by atoms with Crippen LogP contribution in [0.15, 0.2) is 0 Å². The highest BCUT2D eigenvalue weighted by Crippen LogP contribution is 2.47. The van der Waals surface area contributed by atoms with Crippen LogP contribution in [0.1, 0.15) is 40.0 Å². The second kappa shape index (κ2) is 3.62. The summed E-state index contributed by atoms with van der Waals surface area (Å²) in [6.45, 7) is 5.63. The molecule has 2 atom stereocenters. The van der Waals surface area contributed by atoms with Crippen molar-refractivity contribution in [2.24, 2.45) is 5.41 Å².